The van der Waals surface area contributed by atoms with E-state index in [0.29, 0.717) is 12.6 Å². The third kappa shape index (κ3) is 6.89. The highest BCUT2D eigenvalue weighted by atomic mass is 32.2. The van der Waals surface area contributed by atoms with Gasteiger partial charge in [0.1, 0.15) is 0 Å². The maximum absolute atomic E-state index is 11.5. The lowest BCUT2D eigenvalue weighted by Gasteiger charge is -2.33. The molecule has 7 heteroatoms. The van der Waals surface area contributed by atoms with Gasteiger partial charge >= 0.3 is 5.97 Å². The molecule has 0 amide bonds. The first-order chi connectivity index (χ1) is 8.91. The second kappa shape index (κ2) is 7.81. The lowest BCUT2D eigenvalue weighted by molar-refractivity contribution is -0.136. The van der Waals surface area contributed by atoms with Crippen molar-refractivity contribution in [3.63, 3.8) is 0 Å². The molecule has 1 fully saturated rings. The minimum Gasteiger partial charge on any atom is -0.481 e. The van der Waals surface area contributed by atoms with Crippen LogP contribution in [-0.2, 0) is 14.8 Å². The van der Waals surface area contributed by atoms with E-state index in [1.807, 2.05) is 0 Å². The first-order valence-electron chi connectivity index (χ1n) is 6.84. The Hall–Kier alpha value is -0.660. The van der Waals surface area contributed by atoms with Gasteiger partial charge in [-0.2, -0.15) is 0 Å². The van der Waals surface area contributed by atoms with Crippen LogP contribution in [0.4, 0.5) is 0 Å². The number of likely N-dealkylation sites (tertiary alicyclic amines) is 1. The second-order valence-electron chi connectivity index (χ2n) is 5.09. The van der Waals surface area contributed by atoms with Crippen LogP contribution >= 0.6 is 0 Å². The summed E-state index contributed by atoms with van der Waals surface area (Å²) in [4.78, 5) is 12.7. The highest BCUT2D eigenvalue weighted by Gasteiger charge is 2.17. The molecular weight excluding hydrogens is 268 g/mol. The van der Waals surface area contributed by atoms with E-state index in [9.17, 15) is 13.2 Å². The van der Waals surface area contributed by atoms with Crippen LogP contribution in [0.5, 0.6) is 0 Å². The highest BCUT2D eigenvalue weighted by Crippen LogP contribution is 2.16. The van der Waals surface area contributed by atoms with Crippen molar-refractivity contribution in [1.29, 1.82) is 0 Å². The predicted molar refractivity (Wildman–Crippen MR) is 73.5 cm³/mol. The predicted octanol–water partition coefficient (Wildman–Crippen LogP) is 0.645. The molecule has 19 heavy (non-hydrogen) atoms. The van der Waals surface area contributed by atoms with Gasteiger partial charge in [0.2, 0.25) is 10.0 Å². The molecule has 112 valence electrons. The van der Waals surface area contributed by atoms with Crippen LogP contribution in [0.25, 0.3) is 0 Å². The zero-order valence-electron chi connectivity index (χ0n) is 11.5. The van der Waals surface area contributed by atoms with Crippen molar-refractivity contribution < 1.29 is 18.3 Å². The Balaban J connectivity index is 2.17. The van der Waals surface area contributed by atoms with E-state index in [4.69, 9.17) is 5.11 Å². The number of sulfonamides is 1. The summed E-state index contributed by atoms with van der Waals surface area (Å²) in [5.74, 6) is -1.44. The standard InChI is InChI=1S/C12H24N2O4S/c1-11-5-2-3-8-14(11)9-4-7-13-19(17,18)10-6-12(15)16/h11,13H,2-10H2,1H3,(H,15,16). The third-order valence-electron chi connectivity index (χ3n) is 3.47. The molecule has 6 nitrogen and oxygen atoms in total. The normalized spacial score (nSPS) is 21.4. The molecule has 1 aliphatic rings. The van der Waals surface area contributed by atoms with Gasteiger partial charge in [-0.3, -0.25) is 4.79 Å². The van der Waals surface area contributed by atoms with Crippen LogP contribution in [0.1, 0.15) is 39.0 Å². The summed E-state index contributed by atoms with van der Waals surface area (Å²) >= 11 is 0. The molecule has 1 unspecified atom stereocenters. The highest BCUT2D eigenvalue weighted by molar-refractivity contribution is 7.89. The summed E-state index contributed by atoms with van der Waals surface area (Å²) in [5, 5.41) is 8.45. The lowest BCUT2D eigenvalue weighted by atomic mass is 10.0. The van der Waals surface area contributed by atoms with Gasteiger partial charge in [0, 0.05) is 12.6 Å². The second-order valence-corrected chi connectivity index (χ2v) is 7.02. The van der Waals surface area contributed by atoms with E-state index < -0.39 is 16.0 Å². The number of carboxylic acid groups (broad SMARTS) is 1. The van der Waals surface area contributed by atoms with Gasteiger partial charge in [-0.25, -0.2) is 13.1 Å². The van der Waals surface area contributed by atoms with Crippen LogP contribution in [0.3, 0.4) is 0 Å². The number of carbonyl (C=O) groups is 1. The van der Waals surface area contributed by atoms with E-state index in [0.717, 1.165) is 19.5 Å². The first-order valence-corrected chi connectivity index (χ1v) is 8.49. The summed E-state index contributed by atoms with van der Waals surface area (Å²) in [6.45, 7) is 4.57. The van der Waals surface area contributed by atoms with Crippen molar-refractivity contribution >= 4 is 16.0 Å². The van der Waals surface area contributed by atoms with Crippen molar-refractivity contribution in [2.45, 2.75) is 45.1 Å². The van der Waals surface area contributed by atoms with Crippen molar-refractivity contribution in [3.8, 4) is 0 Å². The monoisotopic (exact) mass is 292 g/mol. The summed E-state index contributed by atoms with van der Waals surface area (Å²) in [6.07, 6.45) is 4.12. The Kier molecular flexibility index (Phi) is 6.74. The molecule has 0 aromatic carbocycles. The van der Waals surface area contributed by atoms with Crippen LogP contribution in [-0.4, -0.2) is 55.8 Å². The Bertz CT molecular complexity index is 383. The van der Waals surface area contributed by atoms with E-state index >= 15 is 0 Å². The SMILES string of the molecule is CC1CCCCN1CCCNS(=O)(=O)CCC(=O)O. The fourth-order valence-electron chi connectivity index (χ4n) is 2.29. The average molecular weight is 292 g/mol. The largest absolute Gasteiger partial charge is 0.481 e. The first kappa shape index (κ1) is 16.4. The number of carboxylic acids is 1. The fraction of sp³-hybridized carbons (Fsp3) is 0.917. The molecule has 0 aliphatic carbocycles. The number of nitrogens with one attached hydrogen (secondary N) is 1. The molecule has 1 aliphatic heterocycles. The van der Waals surface area contributed by atoms with Gasteiger partial charge in [0.25, 0.3) is 0 Å². The van der Waals surface area contributed by atoms with Gasteiger partial charge in [0.15, 0.2) is 0 Å². The van der Waals surface area contributed by atoms with Crippen LogP contribution in [0.15, 0.2) is 0 Å². The van der Waals surface area contributed by atoms with Gasteiger partial charge in [-0.15, -0.1) is 0 Å². The van der Waals surface area contributed by atoms with E-state index in [1.165, 1.54) is 19.3 Å². The Labute approximate surface area is 115 Å². The molecule has 2 N–H and O–H groups in total. The summed E-state index contributed by atoms with van der Waals surface area (Å²) in [7, 11) is -3.44. The Morgan fingerprint density at radius 3 is 2.79 bits per heavy atom. The van der Waals surface area contributed by atoms with Gasteiger partial charge in [0.05, 0.1) is 12.2 Å². The molecule has 1 heterocycles. The number of hydrogen-bond donors (Lipinski definition) is 2. The zero-order valence-corrected chi connectivity index (χ0v) is 12.3. The minimum atomic E-state index is -3.44. The number of aliphatic carboxylic acids is 1. The summed E-state index contributed by atoms with van der Waals surface area (Å²) in [5.41, 5.74) is 0. The molecule has 0 spiro atoms. The minimum absolute atomic E-state index is 0.345. The molecule has 0 aromatic heterocycles. The van der Waals surface area contributed by atoms with Crippen LogP contribution < -0.4 is 4.72 Å². The summed E-state index contributed by atoms with van der Waals surface area (Å²) < 4.78 is 25.4. The Morgan fingerprint density at radius 1 is 1.42 bits per heavy atom. The topological polar surface area (TPSA) is 86.7 Å². The molecule has 0 radical (unpaired) electrons. The molecule has 1 saturated heterocycles. The number of hydrogen-bond acceptors (Lipinski definition) is 4. The smallest absolute Gasteiger partial charge is 0.304 e. The zero-order chi connectivity index (χ0) is 14.3. The van der Waals surface area contributed by atoms with Crippen molar-refractivity contribution in [2.75, 3.05) is 25.4 Å². The molecular formula is C12H24N2O4S. The van der Waals surface area contributed by atoms with Crippen molar-refractivity contribution in [3.05, 3.63) is 0 Å². The van der Waals surface area contributed by atoms with Crippen molar-refractivity contribution in [2.24, 2.45) is 0 Å². The fourth-order valence-corrected chi connectivity index (χ4v) is 3.34. The number of piperidine rings is 1. The molecule has 0 saturated carbocycles. The lowest BCUT2D eigenvalue weighted by Crippen LogP contribution is -2.39. The quantitative estimate of drug-likeness (QED) is 0.641. The van der Waals surface area contributed by atoms with E-state index in [1.54, 1.807) is 0 Å². The van der Waals surface area contributed by atoms with E-state index in [2.05, 4.69) is 16.5 Å². The maximum Gasteiger partial charge on any atom is 0.304 e. The van der Waals surface area contributed by atoms with Crippen LogP contribution in [0.2, 0.25) is 0 Å². The van der Waals surface area contributed by atoms with Gasteiger partial charge in [-0.05, 0) is 39.3 Å². The number of nitrogens with zero attached hydrogens (tertiary/aromatic N) is 1. The van der Waals surface area contributed by atoms with Crippen LogP contribution in [0, 0.1) is 0 Å². The molecule has 1 atom stereocenters. The molecule has 0 bridgehead atoms. The average Bonchev–Trinajstić information content (AvgIpc) is 2.34. The van der Waals surface area contributed by atoms with Gasteiger partial charge in [-0.1, -0.05) is 6.42 Å². The summed E-state index contributed by atoms with van der Waals surface area (Å²) in [6, 6.07) is 0.581. The molecule has 0 aromatic rings. The molecule has 1 rings (SSSR count). The maximum atomic E-state index is 11.5. The van der Waals surface area contributed by atoms with Crippen molar-refractivity contribution in [1.82, 2.24) is 9.62 Å². The van der Waals surface area contributed by atoms with E-state index in [-0.39, 0.29) is 12.2 Å². The number of rotatable bonds is 8. The Morgan fingerprint density at radius 2 is 2.16 bits per heavy atom. The third-order valence-corrected chi connectivity index (χ3v) is 4.85. The van der Waals surface area contributed by atoms with Gasteiger partial charge < -0.3 is 10.0 Å².